The smallest absolute Gasteiger partial charge is 0.244 e. The zero-order chi connectivity index (χ0) is 26.4. The molecule has 0 saturated heterocycles. The number of carbonyl (C=O) groups excluding carboxylic acids is 3. The molecule has 10 nitrogen and oxygen atoms in total. The van der Waals surface area contributed by atoms with Crippen molar-refractivity contribution in [2.45, 2.75) is 25.8 Å². The minimum absolute atomic E-state index is 0.0473. The van der Waals surface area contributed by atoms with Crippen LogP contribution in [0.3, 0.4) is 0 Å². The Labute approximate surface area is 218 Å². The highest BCUT2D eigenvalue weighted by Crippen LogP contribution is 2.20. The molecule has 0 aliphatic heterocycles. The molecule has 2 heterocycles. The maximum absolute atomic E-state index is 13.3. The number of halogens is 1. The Balaban J connectivity index is 1.52. The molecule has 2 aromatic carbocycles. The molecule has 0 bridgehead atoms. The van der Waals surface area contributed by atoms with Gasteiger partial charge in [0.05, 0.1) is 18.1 Å². The number of imidazole rings is 1. The maximum Gasteiger partial charge on any atom is 0.244 e. The standard InChI is InChI=1S/C26H24ClN7O3/c1-17(35)19-5-3-18(4-6-19)11-25(36)23(13-22-14-28-15-33(22)2)30-26(37)10-7-20-12-21(27)8-9-24(20)34-16-29-31-32-34/h3-10,12,14-16,23H,11,13H2,1-2H3,(H,30,37)/b10-7+/t23-/m0/s1. The molecule has 1 N–H and O–H groups in total. The van der Waals surface area contributed by atoms with Crippen molar-refractivity contribution in [2.75, 3.05) is 0 Å². The van der Waals surface area contributed by atoms with E-state index in [2.05, 4.69) is 25.8 Å². The molecule has 188 valence electrons. The molecule has 0 radical (unpaired) electrons. The van der Waals surface area contributed by atoms with E-state index in [-0.39, 0.29) is 24.4 Å². The monoisotopic (exact) mass is 517 g/mol. The largest absolute Gasteiger partial charge is 0.342 e. The van der Waals surface area contributed by atoms with Gasteiger partial charge in [0.25, 0.3) is 0 Å². The van der Waals surface area contributed by atoms with Gasteiger partial charge in [0, 0.05) is 54.0 Å². The van der Waals surface area contributed by atoms with E-state index in [1.807, 2.05) is 7.05 Å². The first kappa shape index (κ1) is 25.6. The molecule has 1 atom stereocenters. The van der Waals surface area contributed by atoms with Gasteiger partial charge in [-0.15, -0.1) is 5.10 Å². The summed E-state index contributed by atoms with van der Waals surface area (Å²) in [6.07, 6.45) is 8.03. The summed E-state index contributed by atoms with van der Waals surface area (Å²) in [5.74, 6) is -0.667. The number of aryl methyl sites for hydroxylation is 1. The van der Waals surface area contributed by atoms with E-state index in [9.17, 15) is 14.4 Å². The van der Waals surface area contributed by atoms with Gasteiger partial charge in [-0.25, -0.2) is 4.98 Å². The minimum atomic E-state index is -0.793. The summed E-state index contributed by atoms with van der Waals surface area (Å²) < 4.78 is 3.26. The van der Waals surface area contributed by atoms with Crippen LogP contribution in [0.15, 0.2) is 67.4 Å². The third-order valence-corrected chi connectivity index (χ3v) is 6.01. The first-order chi connectivity index (χ1) is 17.8. The number of ketones is 2. The fourth-order valence-electron chi connectivity index (χ4n) is 3.74. The molecule has 0 spiro atoms. The molecule has 2 aromatic heterocycles. The second-order valence-electron chi connectivity index (χ2n) is 8.45. The zero-order valence-corrected chi connectivity index (χ0v) is 21.0. The second-order valence-corrected chi connectivity index (χ2v) is 8.88. The Morgan fingerprint density at radius 3 is 2.54 bits per heavy atom. The van der Waals surface area contributed by atoms with Crippen LogP contribution in [-0.2, 0) is 29.5 Å². The molecule has 37 heavy (non-hydrogen) atoms. The molecular formula is C26H24ClN7O3. The molecule has 11 heteroatoms. The summed E-state index contributed by atoms with van der Waals surface area (Å²) in [5.41, 5.74) is 3.37. The van der Waals surface area contributed by atoms with Crippen molar-refractivity contribution < 1.29 is 14.4 Å². The van der Waals surface area contributed by atoms with Crippen molar-refractivity contribution in [3.63, 3.8) is 0 Å². The van der Waals surface area contributed by atoms with Crippen LogP contribution < -0.4 is 5.32 Å². The molecule has 0 saturated carbocycles. The quantitative estimate of drug-likeness (QED) is 0.253. The zero-order valence-electron chi connectivity index (χ0n) is 20.2. The van der Waals surface area contributed by atoms with Crippen LogP contribution in [-0.4, -0.2) is 53.3 Å². The third-order valence-electron chi connectivity index (χ3n) is 5.77. The van der Waals surface area contributed by atoms with Gasteiger partial charge >= 0.3 is 0 Å². The summed E-state index contributed by atoms with van der Waals surface area (Å²) in [7, 11) is 1.83. The number of nitrogens with zero attached hydrogens (tertiary/aromatic N) is 6. The molecule has 1 amide bonds. The van der Waals surface area contributed by atoms with E-state index in [1.54, 1.807) is 65.6 Å². The summed E-state index contributed by atoms with van der Waals surface area (Å²) in [5, 5.41) is 14.5. The lowest BCUT2D eigenvalue weighted by Crippen LogP contribution is -2.42. The fraction of sp³-hybridized carbons (Fsp3) is 0.192. The molecule has 4 rings (SSSR count). The van der Waals surface area contributed by atoms with Gasteiger partial charge in [0.1, 0.15) is 6.33 Å². The molecular weight excluding hydrogens is 494 g/mol. The summed E-state index contributed by atoms with van der Waals surface area (Å²) >= 11 is 6.15. The normalized spacial score (nSPS) is 12.0. The number of amides is 1. The van der Waals surface area contributed by atoms with Crippen molar-refractivity contribution in [1.29, 1.82) is 0 Å². The lowest BCUT2D eigenvalue weighted by Gasteiger charge is -2.17. The van der Waals surface area contributed by atoms with Gasteiger partial charge in [0.15, 0.2) is 11.6 Å². The number of aromatic nitrogens is 6. The molecule has 0 aliphatic carbocycles. The number of hydrogen-bond acceptors (Lipinski definition) is 7. The van der Waals surface area contributed by atoms with E-state index in [1.165, 1.54) is 24.0 Å². The summed E-state index contributed by atoms with van der Waals surface area (Å²) in [6.45, 7) is 1.49. The minimum Gasteiger partial charge on any atom is -0.342 e. The van der Waals surface area contributed by atoms with E-state index in [0.717, 1.165) is 11.3 Å². The number of carbonyl (C=O) groups is 3. The highest BCUT2D eigenvalue weighted by Gasteiger charge is 2.22. The Kier molecular flexibility index (Phi) is 7.99. The Morgan fingerprint density at radius 2 is 1.89 bits per heavy atom. The average molecular weight is 518 g/mol. The Hall–Kier alpha value is -4.44. The molecule has 0 fully saturated rings. The fourth-order valence-corrected chi connectivity index (χ4v) is 3.92. The molecule has 0 unspecified atom stereocenters. The lowest BCUT2D eigenvalue weighted by atomic mass is 9.99. The second kappa shape index (κ2) is 11.5. The van der Waals surface area contributed by atoms with Gasteiger partial charge < -0.3 is 9.88 Å². The van der Waals surface area contributed by atoms with Gasteiger partial charge in [-0.05, 0) is 47.2 Å². The maximum atomic E-state index is 13.3. The molecule has 0 aliphatic rings. The third kappa shape index (κ3) is 6.62. The lowest BCUT2D eigenvalue weighted by molar-refractivity contribution is -0.125. The topological polar surface area (TPSA) is 125 Å². The van der Waals surface area contributed by atoms with Crippen LogP contribution in [0.2, 0.25) is 5.02 Å². The van der Waals surface area contributed by atoms with Gasteiger partial charge in [-0.2, -0.15) is 4.68 Å². The predicted molar refractivity (Wildman–Crippen MR) is 137 cm³/mol. The number of rotatable bonds is 10. The number of hydrogen-bond donors (Lipinski definition) is 1. The van der Waals surface area contributed by atoms with Crippen molar-refractivity contribution in [1.82, 2.24) is 35.1 Å². The van der Waals surface area contributed by atoms with Gasteiger partial charge in [0.2, 0.25) is 5.91 Å². The van der Waals surface area contributed by atoms with Crippen LogP contribution >= 0.6 is 11.6 Å². The predicted octanol–water partition coefficient (Wildman–Crippen LogP) is 2.80. The van der Waals surface area contributed by atoms with Gasteiger partial charge in [-0.3, -0.25) is 14.4 Å². The van der Waals surface area contributed by atoms with Crippen molar-refractivity contribution in [2.24, 2.45) is 7.05 Å². The van der Waals surface area contributed by atoms with Crippen LogP contribution in [0.5, 0.6) is 0 Å². The SMILES string of the molecule is CC(=O)c1ccc(CC(=O)[C@H](Cc2cncn2C)NC(=O)/C=C/c2cc(Cl)ccc2-n2cnnn2)cc1. The first-order valence-corrected chi connectivity index (χ1v) is 11.8. The van der Waals surface area contributed by atoms with Crippen molar-refractivity contribution in [3.8, 4) is 5.69 Å². The Morgan fingerprint density at radius 1 is 1.11 bits per heavy atom. The Bertz CT molecular complexity index is 1440. The van der Waals surface area contributed by atoms with Crippen LogP contribution in [0.1, 0.15) is 34.1 Å². The van der Waals surface area contributed by atoms with E-state index < -0.39 is 11.9 Å². The summed E-state index contributed by atoms with van der Waals surface area (Å²) in [6, 6.07) is 11.2. The van der Waals surface area contributed by atoms with E-state index in [0.29, 0.717) is 21.8 Å². The van der Waals surface area contributed by atoms with E-state index >= 15 is 0 Å². The first-order valence-electron chi connectivity index (χ1n) is 11.4. The number of benzene rings is 2. The van der Waals surface area contributed by atoms with Crippen molar-refractivity contribution >= 4 is 35.2 Å². The summed E-state index contributed by atoms with van der Waals surface area (Å²) in [4.78, 5) is 41.8. The van der Waals surface area contributed by atoms with E-state index in [4.69, 9.17) is 11.6 Å². The number of nitrogens with one attached hydrogen (secondary N) is 1. The van der Waals surface area contributed by atoms with Crippen LogP contribution in [0, 0.1) is 0 Å². The molecule has 4 aromatic rings. The van der Waals surface area contributed by atoms with Crippen LogP contribution in [0.4, 0.5) is 0 Å². The number of tetrazole rings is 1. The van der Waals surface area contributed by atoms with Crippen LogP contribution in [0.25, 0.3) is 11.8 Å². The number of Topliss-reactive ketones (excluding diaryl/α,β-unsaturated/α-hetero) is 2. The highest BCUT2D eigenvalue weighted by atomic mass is 35.5. The van der Waals surface area contributed by atoms with Gasteiger partial charge in [-0.1, -0.05) is 35.9 Å². The van der Waals surface area contributed by atoms with Crippen molar-refractivity contribution in [3.05, 3.63) is 94.8 Å². The average Bonchev–Trinajstić information content (AvgIpc) is 3.55. The highest BCUT2D eigenvalue weighted by molar-refractivity contribution is 6.30.